The molecule has 0 spiro atoms. The number of hydrogen-bond acceptors (Lipinski definition) is 2. The Kier molecular flexibility index (Phi) is 4.19. The maximum Gasteiger partial charge on any atom is 0.257 e. The minimum Gasteiger partial charge on any atom is -0.349 e. The van der Waals surface area contributed by atoms with Gasteiger partial charge in [0, 0.05) is 6.04 Å². The van der Waals surface area contributed by atoms with Gasteiger partial charge in [0.2, 0.25) is 0 Å². The number of carbonyl (C=O) groups excluding carboxylic acids is 1. The molecule has 0 rings (SSSR count). The quantitative estimate of drug-likeness (QED) is 0.462. The zero-order valence-electron chi connectivity index (χ0n) is 6.51. The van der Waals surface area contributed by atoms with E-state index in [0.717, 1.165) is 0 Å². The maximum atomic E-state index is 10.9. The highest BCUT2D eigenvalue weighted by molar-refractivity contribution is 7.85. The number of thiol groups is 1. The summed E-state index contributed by atoms with van der Waals surface area (Å²) in [7, 11) is 0. The monoisotopic (exact) mass is 159 g/mol. The Morgan fingerprint density at radius 3 is 2.40 bits per heavy atom. The summed E-state index contributed by atoms with van der Waals surface area (Å²) in [5.41, 5.74) is 0. The van der Waals surface area contributed by atoms with E-state index in [1.54, 1.807) is 13.0 Å². The van der Waals surface area contributed by atoms with Gasteiger partial charge in [0.1, 0.15) is 0 Å². The number of hydrogen-bond donors (Lipinski definition) is 2. The fourth-order valence-electron chi connectivity index (χ4n) is 0.467. The van der Waals surface area contributed by atoms with E-state index >= 15 is 0 Å². The summed E-state index contributed by atoms with van der Waals surface area (Å²) in [5, 5.41) is 2.71. The molecular weight excluding hydrogens is 146 g/mol. The van der Waals surface area contributed by atoms with Crippen molar-refractivity contribution in [3.63, 3.8) is 0 Å². The first-order valence-electron chi connectivity index (χ1n) is 3.24. The van der Waals surface area contributed by atoms with Crippen molar-refractivity contribution in [2.75, 3.05) is 0 Å². The summed E-state index contributed by atoms with van der Waals surface area (Å²) < 4.78 is 0. The van der Waals surface area contributed by atoms with Gasteiger partial charge in [0.05, 0.1) is 4.91 Å². The molecule has 1 amide bonds. The molecule has 0 aliphatic carbocycles. The van der Waals surface area contributed by atoms with Crippen LogP contribution in [0.15, 0.2) is 11.0 Å². The first kappa shape index (κ1) is 9.56. The number of allylic oxidation sites excluding steroid dienone is 1. The van der Waals surface area contributed by atoms with E-state index in [1.165, 1.54) is 0 Å². The van der Waals surface area contributed by atoms with Crippen LogP contribution in [0.4, 0.5) is 0 Å². The Bertz CT molecular complexity index is 152. The molecule has 0 fully saturated rings. The van der Waals surface area contributed by atoms with Crippen LogP contribution in [-0.4, -0.2) is 11.9 Å². The first-order valence-corrected chi connectivity index (χ1v) is 3.68. The highest BCUT2D eigenvalue weighted by atomic mass is 32.1. The minimum atomic E-state index is -0.110. The molecule has 0 aromatic carbocycles. The zero-order chi connectivity index (χ0) is 8.15. The van der Waals surface area contributed by atoms with Crippen LogP contribution in [0.5, 0.6) is 0 Å². The molecule has 0 bridgehead atoms. The second kappa shape index (κ2) is 4.39. The third-order valence-corrected chi connectivity index (χ3v) is 1.39. The van der Waals surface area contributed by atoms with E-state index in [9.17, 15) is 4.79 Å². The molecule has 0 aromatic heterocycles. The van der Waals surface area contributed by atoms with Gasteiger partial charge in [0.15, 0.2) is 0 Å². The molecule has 3 heteroatoms. The number of carbonyl (C=O) groups is 1. The topological polar surface area (TPSA) is 29.1 Å². The molecule has 0 heterocycles. The zero-order valence-corrected chi connectivity index (χ0v) is 7.40. The molecule has 0 unspecified atom stereocenters. The van der Waals surface area contributed by atoms with Crippen molar-refractivity contribution in [3.05, 3.63) is 11.0 Å². The summed E-state index contributed by atoms with van der Waals surface area (Å²) in [6.07, 6.45) is 1.67. The molecule has 0 radical (unpaired) electrons. The van der Waals surface area contributed by atoms with Crippen LogP contribution < -0.4 is 5.32 Å². The summed E-state index contributed by atoms with van der Waals surface area (Å²) in [6.45, 7) is 5.60. The average molecular weight is 159 g/mol. The SMILES string of the molecule is C/C=C(\S)C(=O)NC(C)C. The summed E-state index contributed by atoms with van der Waals surface area (Å²) in [4.78, 5) is 11.4. The number of amides is 1. The normalized spacial score (nSPS) is 11.9. The molecule has 0 saturated heterocycles. The van der Waals surface area contributed by atoms with Crippen molar-refractivity contribution >= 4 is 18.5 Å². The Morgan fingerprint density at radius 2 is 2.10 bits per heavy atom. The molecule has 0 saturated carbocycles. The van der Waals surface area contributed by atoms with E-state index in [0.29, 0.717) is 4.91 Å². The van der Waals surface area contributed by atoms with Gasteiger partial charge in [-0.3, -0.25) is 4.79 Å². The molecular formula is C7H13NOS. The minimum absolute atomic E-state index is 0.110. The van der Waals surface area contributed by atoms with Crippen molar-refractivity contribution in [2.24, 2.45) is 0 Å². The Balaban J connectivity index is 3.86. The molecule has 0 aromatic rings. The van der Waals surface area contributed by atoms with Crippen molar-refractivity contribution in [2.45, 2.75) is 26.8 Å². The number of rotatable bonds is 2. The maximum absolute atomic E-state index is 10.9. The number of nitrogens with one attached hydrogen (secondary N) is 1. The van der Waals surface area contributed by atoms with E-state index in [-0.39, 0.29) is 11.9 Å². The van der Waals surface area contributed by atoms with E-state index < -0.39 is 0 Å². The Morgan fingerprint density at radius 1 is 1.60 bits per heavy atom. The highest BCUT2D eigenvalue weighted by Crippen LogP contribution is 1.98. The highest BCUT2D eigenvalue weighted by Gasteiger charge is 2.03. The van der Waals surface area contributed by atoms with Crippen LogP contribution >= 0.6 is 12.6 Å². The predicted molar refractivity (Wildman–Crippen MR) is 46.0 cm³/mol. The van der Waals surface area contributed by atoms with Gasteiger partial charge in [-0.05, 0) is 20.8 Å². The molecule has 58 valence electrons. The van der Waals surface area contributed by atoms with Crippen molar-refractivity contribution in [1.29, 1.82) is 0 Å². The molecule has 0 aliphatic heterocycles. The van der Waals surface area contributed by atoms with Gasteiger partial charge in [-0.15, -0.1) is 12.6 Å². The lowest BCUT2D eigenvalue weighted by Crippen LogP contribution is -2.30. The van der Waals surface area contributed by atoms with Crippen molar-refractivity contribution < 1.29 is 4.79 Å². The smallest absolute Gasteiger partial charge is 0.257 e. The van der Waals surface area contributed by atoms with Crippen LogP contribution in [0.25, 0.3) is 0 Å². The molecule has 1 N–H and O–H groups in total. The van der Waals surface area contributed by atoms with Crippen LogP contribution in [0.1, 0.15) is 20.8 Å². The second-order valence-corrected chi connectivity index (χ2v) is 2.78. The van der Waals surface area contributed by atoms with Gasteiger partial charge >= 0.3 is 0 Å². The van der Waals surface area contributed by atoms with Gasteiger partial charge in [-0.2, -0.15) is 0 Å². The van der Waals surface area contributed by atoms with Gasteiger partial charge < -0.3 is 5.32 Å². The predicted octanol–water partition coefficient (Wildman–Crippen LogP) is 1.34. The fraction of sp³-hybridized carbons (Fsp3) is 0.571. The van der Waals surface area contributed by atoms with Gasteiger partial charge in [-0.25, -0.2) is 0 Å². The first-order chi connectivity index (χ1) is 4.57. The molecule has 0 aliphatic rings. The molecule has 0 atom stereocenters. The van der Waals surface area contributed by atoms with Crippen molar-refractivity contribution in [3.8, 4) is 0 Å². The standard InChI is InChI=1S/C7H13NOS/c1-4-6(10)7(9)8-5(2)3/h4-5,10H,1-3H3,(H,8,9)/b6-4-. The van der Waals surface area contributed by atoms with Gasteiger partial charge in [0.25, 0.3) is 5.91 Å². The van der Waals surface area contributed by atoms with Crippen LogP contribution in [-0.2, 0) is 4.79 Å². The Labute approximate surface area is 67.1 Å². The second-order valence-electron chi connectivity index (χ2n) is 2.30. The molecule has 10 heavy (non-hydrogen) atoms. The van der Waals surface area contributed by atoms with E-state index in [2.05, 4.69) is 17.9 Å². The van der Waals surface area contributed by atoms with E-state index in [1.807, 2.05) is 13.8 Å². The lowest BCUT2D eigenvalue weighted by atomic mass is 10.4. The summed E-state index contributed by atoms with van der Waals surface area (Å²) >= 11 is 3.95. The van der Waals surface area contributed by atoms with E-state index in [4.69, 9.17) is 0 Å². The summed E-state index contributed by atoms with van der Waals surface area (Å²) in [6, 6.07) is 0.176. The Hall–Kier alpha value is -0.440. The third-order valence-electron chi connectivity index (χ3n) is 0.926. The summed E-state index contributed by atoms with van der Waals surface area (Å²) in [5.74, 6) is -0.110. The average Bonchev–Trinajstić information content (AvgIpc) is 1.85. The fourth-order valence-corrected chi connectivity index (χ4v) is 0.532. The van der Waals surface area contributed by atoms with Crippen LogP contribution in [0.3, 0.4) is 0 Å². The lowest BCUT2D eigenvalue weighted by molar-refractivity contribution is -0.117. The largest absolute Gasteiger partial charge is 0.349 e. The third kappa shape index (κ3) is 3.56. The van der Waals surface area contributed by atoms with Crippen LogP contribution in [0, 0.1) is 0 Å². The van der Waals surface area contributed by atoms with Crippen molar-refractivity contribution in [1.82, 2.24) is 5.32 Å². The van der Waals surface area contributed by atoms with Gasteiger partial charge in [-0.1, -0.05) is 6.08 Å². The molecule has 2 nitrogen and oxygen atoms in total. The van der Waals surface area contributed by atoms with Crippen LogP contribution in [0.2, 0.25) is 0 Å². The lowest BCUT2D eigenvalue weighted by Gasteiger charge is -2.06.